The van der Waals surface area contributed by atoms with Crippen LogP contribution in [0.5, 0.6) is 0 Å². The number of benzene rings is 3. The Bertz CT molecular complexity index is 1280. The monoisotopic (exact) mass is 590 g/mol. The number of epoxide rings is 1. The molecular weight excluding hydrogens is 552 g/mol. The van der Waals surface area contributed by atoms with Gasteiger partial charge in [-0.1, -0.05) is 91.0 Å². The van der Waals surface area contributed by atoms with Gasteiger partial charge in [0.05, 0.1) is 32.5 Å². The molecule has 3 aromatic carbocycles. The van der Waals surface area contributed by atoms with Crippen molar-refractivity contribution in [2.45, 2.75) is 81.2 Å². The van der Waals surface area contributed by atoms with Gasteiger partial charge in [-0.15, -0.1) is 0 Å². The largest absolute Gasteiger partial charge is 0.368 e. The third kappa shape index (κ3) is 6.71. The van der Waals surface area contributed by atoms with E-state index >= 15 is 0 Å². The second-order valence-electron chi connectivity index (χ2n) is 11.2. The summed E-state index contributed by atoms with van der Waals surface area (Å²) in [4.78, 5) is 0. The number of rotatable bonds is 10. The predicted octanol–water partition coefficient (Wildman–Crippen LogP) is 4.54. The Morgan fingerprint density at radius 3 is 1.98 bits per heavy atom. The Labute approximate surface area is 251 Å². The average molecular weight is 591 g/mol. The van der Waals surface area contributed by atoms with E-state index in [4.69, 9.17) is 42.6 Å². The number of hydrogen-bond donors (Lipinski definition) is 0. The van der Waals surface area contributed by atoms with Gasteiger partial charge in [-0.25, -0.2) is 0 Å². The van der Waals surface area contributed by atoms with Gasteiger partial charge < -0.3 is 42.6 Å². The van der Waals surface area contributed by atoms with E-state index < -0.39 is 43.3 Å². The van der Waals surface area contributed by atoms with Crippen molar-refractivity contribution >= 4 is 0 Å². The number of ether oxygens (including phenoxy) is 9. The summed E-state index contributed by atoms with van der Waals surface area (Å²) >= 11 is 0. The van der Waals surface area contributed by atoms with Crippen molar-refractivity contribution in [2.24, 2.45) is 0 Å². The van der Waals surface area contributed by atoms with Crippen LogP contribution in [0.4, 0.5) is 0 Å². The van der Waals surface area contributed by atoms with Crippen LogP contribution in [0.25, 0.3) is 0 Å². The van der Waals surface area contributed by atoms with Crippen LogP contribution >= 0.6 is 0 Å². The highest BCUT2D eigenvalue weighted by Gasteiger charge is 2.57. The van der Waals surface area contributed by atoms with Gasteiger partial charge in [0, 0.05) is 12.7 Å². The highest BCUT2D eigenvalue weighted by atomic mass is 16.8. The van der Waals surface area contributed by atoms with E-state index in [2.05, 4.69) is 0 Å². The van der Waals surface area contributed by atoms with Gasteiger partial charge in [0.15, 0.2) is 18.9 Å². The van der Waals surface area contributed by atoms with Gasteiger partial charge in [0.1, 0.15) is 36.6 Å². The lowest BCUT2D eigenvalue weighted by molar-refractivity contribution is -0.377. The van der Waals surface area contributed by atoms with Crippen molar-refractivity contribution in [3.05, 3.63) is 108 Å². The summed E-state index contributed by atoms with van der Waals surface area (Å²) in [5, 5.41) is 0. The Morgan fingerprint density at radius 1 is 0.651 bits per heavy atom. The summed E-state index contributed by atoms with van der Waals surface area (Å²) < 4.78 is 56.7. The molecule has 228 valence electrons. The summed E-state index contributed by atoms with van der Waals surface area (Å²) in [6.45, 7) is 1.56. The van der Waals surface area contributed by atoms with E-state index in [1.165, 1.54) is 0 Å². The molecular formula is C34H38O9. The standard InChI is InChI=1S/C34H38O9/c1-35-33-31-27(42-31)25(17-18-36-33)40-34-30(38-20-23-13-7-3-8-14-23)29(37-19-22-11-5-2-6-12-22)28-26(41-34)21-39-32(43-28)24-15-9-4-10-16-24/h2-16,25-34H,17-21H2,1H3/t25?,26-,27?,28?,29?,30?,31?,32?,33?,34?/m0/s1. The molecule has 0 aromatic heterocycles. The summed E-state index contributed by atoms with van der Waals surface area (Å²) in [6, 6.07) is 30.1. The molecule has 0 saturated carbocycles. The lowest BCUT2D eigenvalue weighted by Crippen LogP contribution is -2.64. The first-order chi connectivity index (χ1) is 21.3. The summed E-state index contributed by atoms with van der Waals surface area (Å²) in [7, 11) is 1.63. The van der Waals surface area contributed by atoms with Crippen molar-refractivity contribution < 1.29 is 42.6 Å². The molecule has 9 nitrogen and oxygen atoms in total. The van der Waals surface area contributed by atoms with Crippen molar-refractivity contribution in [3.8, 4) is 0 Å². The van der Waals surface area contributed by atoms with E-state index in [1.807, 2.05) is 91.0 Å². The lowest BCUT2D eigenvalue weighted by atomic mass is 9.96. The fourth-order valence-electron chi connectivity index (χ4n) is 6.07. The fraction of sp³-hybridized carbons (Fsp3) is 0.471. The first-order valence-corrected chi connectivity index (χ1v) is 15.0. The smallest absolute Gasteiger partial charge is 0.187 e. The molecule has 4 heterocycles. The molecule has 9 unspecified atom stereocenters. The minimum absolute atomic E-state index is 0.145. The second kappa shape index (κ2) is 13.5. The van der Waals surface area contributed by atoms with E-state index in [9.17, 15) is 0 Å². The molecule has 7 rings (SSSR count). The maximum atomic E-state index is 6.70. The second-order valence-corrected chi connectivity index (χ2v) is 11.2. The maximum absolute atomic E-state index is 6.70. The highest BCUT2D eigenvalue weighted by molar-refractivity contribution is 5.17. The predicted molar refractivity (Wildman–Crippen MR) is 154 cm³/mol. The van der Waals surface area contributed by atoms with Crippen LogP contribution in [0.3, 0.4) is 0 Å². The molecule has 4 saturated heterocycles. The molecule has 43 heavy (non-hydrogen) atoms. The van der Waals surface area contributed by atoms with Crippen LogP contribution in [0.1, 0.15) is 29.4 Å². The Hall–Kier alpha value is -2.70. The van der Waals surface area contributed by atoms with Crippen LogP contribution in [0, 0.1) is 0 Å². The van der Waals surface area contributed by atoms with Gasteiger partial charge in [-0.05, 0) is 17.5 Å². The maximum Gasteiger partial charge on any atom is 0.187 e. The molecule has 0 bridgehead atoms. The molecule has 4 aliphatic heterocycles. The van der Waals surface area contributed by atoms with Crippen LogP contribution < -0.4 is 0 Å². The Morgan fingerprint density at radius 2 is 1.30 bits per heavy atom. The molecule has 9 heteroatoms. The van der Waals surface area contributed by atoms with Gasteiger partial charge in [0.2, 0.25) is 0 Å². The normalized spacial score (nSPS) is 35.4. The highest BCUT2D eigenvalue weighted by Crippen LogP contribution is 2.41. The zero-order valence-corrected chi connectivity index (χ0v) is 24.1. The van der Waals surface area contributed by atoms with Crippen molar-refractivity contribution in [1.82, 2.24) is 0 Å². The first-order valence-electron chi connectivity index (χ1n) is 15.0. The van der Waals surface area contributed by atoms with E-state index in [-0.39, 0.29) is 18.3 Å². The van der Waals surface area contributed by atoms with Crippen LogP contribution in [-0.2, 0) is 55.8 Å². The van der Waals surface area contributed by atoms with Gasteiger partial charge in [-0.2, -0.15) is 0 Å². The van der Waals surface area contributed by atoms with Crippen molar-refractivity contribution in [1.29, 1.82) is 0 Å². The molecule has 10 atom stereocenters. The zero-order chi connectivity index (χ0) is 29.0. The number of hydrogen-bond acceptors (Lipinski definition) is 9. The molecule has 4 aliphatic rings. The minimum atomic E-state index is -0.750. The summed E-state index contributed by atoms with van der Waals surface area (Å²) in [5.41, 5.74) is 3.03. The average Bonchev–Trinajstić information content (AvgIpc) is 3.87. The lowest BCUT2D eigenvalue weighted by Gasteiger charge is -2.49. The SMILES string of the molecule is COC1OCCC(OC2O[C@H]3COC(c4ccccc4)OC3C(OCc3ccccc3)C2OCc2ccccc2)C2OC12. The van der Waals surface area contributed by atoms with Crippen LogP contribution in [-0.4, -0.2) is 75.6 Å². The number of fused-ring (bicyclic) bond motifs is 2. The third-order valence-corrected chi connectivity index (χ3v) is 8.35. The Kier molecular flexibility index (Phi) is 9.13. The van der Waals surface area contributed by atoms with Crippen molar-refractivity contribution in [2.75, 3.05) is 20.3 Å². The van der Waals surface area contributed by atoms with Gasteiger partial charge >= 0.3 is 0 Å². The van der Waals surface area contributed by atoms with E-state index in [1.54, 1.807) is 7.11 Å². The molecule has 0 amide bonds. The molecule has 3 aromatic rings. The molecule has 0 N–H and O–H groups in total. The van der Waals surface area contributed by atoms with Crippen molar-refractivity contribution in [3.63, 3.8) is 0 Å². The molecule has 0 radical (unpaired) electrons. The number of methoxy groups -OCH3 is 1. The molecule has 4 fully saturated rings. The van der Waals surface area contributed by atoms with Crippen LogP contribution in [0.15, 0.2) is 91.0 Å². The first kappa shape index (κ1) is 29.0. The molecule has 0 aliphatic carbocycles. The summed E-state index contributed by atoms with van der Waals surface area (Å²) in [6.07, 6.45) is -3.62. The van der Waals surface area contributed by atoms with Crippen LogP contribution in [0.2, 0.25) is 0 Å². The van der Waals surface area contributed by atoms with E-state index in [0.29, 0.717) is 32.8 Å². The van der Waals surface area contributed by atoms with Gasteiger partial charge in [-0.3, -0.25) is 0 Å². The summed E-state index contributed by atoms with van der Waals surface area (Å²) in [5.74, 6) is 0. The topological polar surface area (TPSA) is 86.4 Å². The minimum Gasteiger partial charge on any atom is -0.368 e. The zero-order valence-electron chi connectivity index (χ0n) is 24.1. The van der Waals surface area contributed by atoms with E-state index in [0.717, 1.165) is 16.7 Å². The Balaban J connectivity index is 1.16. The molecule has 0 spiro atoms. The van der Waals surface area contributed by atoms with Gasteiger partial charge in [0.25, 0.3) is 0 Å². The third-order valence-electron chi connectivity index (χ3n) is 8.35. The quantitative estimate of drug-likeness (QED) is 0.316. The fourth-order valence-corrected chi connectivity index (χ4v) is 6.07.